The summed E-state index contributed by atoms with van der Waals surface area (Å²) in [6.45, 7) is 0.749. The highest BCUT2D eigenvalue weighted by atomic mass is 79.9. The Labute approximate surface area is 128 Å². The van der Waals surface area contributed by atoms with Crippen molar-refractivity contribution in [1.29, 1.82) is 0 Å². The molecule has 0 saturated carbocycles. The van der Waals surface area contributed by atoms with Crippen LogP contribution in [0.5, 0.6) is 11.5 Å². The fourth-order valence-corrected chi connectivity index (χ4v) is 2.81. The van der Waals surface area contributed by atoms with Gasteiger partial charge in [0.05, 0.1) is 4.47 Å². The molecule has 1 heterocycles. The highest BCUT2D eigenvalue weighted by Gasteiger charge is 2.17. The number of benzene rings is 2. The van der Waals surface area contributed by atoms with Gasteiger partial charge in [-0.3, -0.25) is 0 Å². The molecule has 6 heteroatoms. The van der Waals surface area contributed by atoms with E-state index in [1.165, 1.54) is 12.1 Å². The predicted octanol–water partition coefficient (Wildman–Crippen LogP) is 4.58. The molecule has 0 spiro atoms. The normalized spacial score (nSPS) is 12.6. The predicted molar refractivity (Wildman–Crippen MR) is 79.0 cm³/mol. The topological polar surface area (TPSA) is 30.5 Å². The maximum Gasteiger partial charge on any atom is 0.231 e. The van der Waals surface area contributed by atoms with Gasteiger partial charge in [-0.2, -0.15) is 0 Å². The monoisotopic (exact) mass is 357 g/mol. The maximum absolute atomic E-state index is 13.2. The second kappa shape index (κ2) is 5.50. The van der Waals surface area contributed by atoms with Crippen molar-refractivity contribution in [3.8, 4) is 11.5 Å². The molecule has 0 aromatic heterocycles. The standard InChI is InChI=1S/C14H10BrClFNO2/c15-12-1-8(2-13-14(12)20-7-19-13)6-18-11-4-9(16)3-10(17)5-11/h1-5,18H,6-7H2. The molecule has 1 N–H and O–H groups in total. The smallest absolute Gasteiger partial charge is 0.231 e. The van der Waals surface area contributed by atoms with Crippen molar-refractivity contribution >= 4 is 33.2 Å². The van der Waals surface area contributed by atoms with Crippen molar-refractivity contribution in [1.82, 2.24) is 0 Å². The summed E-state index contributed by atoms with van der Waals surface area (Å²) in [6.07, 6.45) is 0. The second-order valence-electron chi connectivity index (χ2n) is 4.32. The van der Waals surface area contributed by atoms with Crippen molar-refractivity contribution in [3.05, 3.63) is 51.2 Å². The Kier molecular flexibility index (Phi) is 3.72. The van der Waals surface area contributed by atoms with E-state index in [1.54, 1.807) is 6.07 Å². The average Bonchev–Trinajstić information content (AvgIpc) is 2.84. The molecule has 2 aromatic carbocycles. The largest absolute Gasteiger partial charge is 0.454 e. The van der Waals surface area contributed by atoms with E-state index in [2.05, 4.69) is 21.2 Å². The quantitative estimate of drug-likeness (QED) is 0.871. The van der Waals surface area contributed by atoms with Gasteiger partial charge in [-0.25, -0.2) is 4.39 Å². The van der Waals surface area contributed by atoms with E-state index in [9.17, 15) is 4.39 Å². The van der Waals surface area contributed by atoms with E-state index in [0.29, 0.717) is 28.8 Å². The number of nitrogens with one attached hydrogen (secondary N) is 1. The van der Waals surface area contributed by atoms with Crippen LogP contribution < -0.4 is 14.8 Å². The number of fused-ring (bicyclic) bond motifs is 1. The number of hydrogen-bond acceptors (Lipinski definition) is 3. The minimum absolute atomic E-state index is 0.227. The van der Waals surface area contributed by atoms with Gasteiger partial charge in [-0.1, -0.05) is 11.6 Å². The van der Waals surface area contributed by atoms with Gasteiger partial charge >= 0.3 is 0 Å². The van der Waals surface area contributed by atoms with E-state index in [1.807, 2.05) is 12.1 Å². The molecule has 0 unspecified atom stereocenters. The minimum Gasteiger partial charge on any atom is -0.454 e. The molecule has 1 aliphatic rings. The average molecular weight is 359 g/mol. The first-order chi connectivity index (χ1) is 9.61. The Morgan fingerprint density at radius 3 is 2.85 bits per heavy atom. The van der Waals surface area contributed by atoms with Crippen molar-refractivity contribution in [2.45, 2.75) is 6.54 Å². The lowest BCUT2D eigenvalue weighted by molar-refractivity contribution is 0.173. The zero-order valence-corrected chi connectivity index (χ0v) is 12.6. The summed E-state index contributed by atoms with van der Waals surface area (Å²) in [6, 6.07) is 8.16. The Balaban J connectivity index is 1.77. The lowest BCUT2D eigenvalue weighted by atomic mass is 10.2. The molecule has 0 bridgehead atoms. The summed E-state index contributed by atoms with van der Waals surface area (Å²) < 4.78 is 24.7. The Morgan fingerprint density at radius 1 is 1.20 bits per heavy atom. The van der Waals surface area contributed by atoms with Gasteiger partial charge in [0.25, 0.3) is 0 Å². The van der Waals surface area contributed by atoms with Gasteiger partial charge in [0.2, 0.25) is 6.79 Å². The molecule has 1 aliphatic heterocycles. The number of halogens is 3. The first kappa shape index (κ1) is 13.5. The van der Waals surface area contributed by atoms with E-state index >= 15 is 0 Å². The van der Waals surface area contributed by atoms with E-state index < -0.39 is 0 Å². The third-order valence-corrected chi connectivity index (χ3v) is 3.65. The number of hydrogen-bond donors (Lipinski definition) is 1. The summed E-state index contributed by atoms with van der Waals surface area (Å²) in [7, 11) is 0. The van der Waals surface area contributed by atoms with Crippen LogP contribution in [-0.2, 0) is 6.54 Å². The van der Waals surface area contributed by atoms with Gasteiger partial charge in [0.1, 0.15) is 5.82 Å². The van der Waals surface area contributed by atoms with Crippen LogP contribution in [-0.4, -0.2) is 6.79 Å². The molecule has 3 rings (SSSR count). The van der Waals surface area contributed by atoms with Crippen molar-refractivity contribution in [2.24, 2.45) is 0 Å². The fraction of sp³-hybridized carbons (Fsp3) is 0.143. The molecule has 0 fully saturated rings. The van der Waals surface area contributed by atoms with Gasteiger partial charge in [-0.15, -0.1) is 0 Å². The van der Waals surface area contributed by atoms with Crippen LogP contribution in [0, 0.1) is 5.82 Å². The van der Waals surface area contributed by atoms with Gasteiger partial charge < -0.3 is 14.8 Å². The molecule has 0 amide bonds. The fourth-order valence-electron chi connectivity index (χ4n) is 1.98. The molecule has 20 heavy (non-hydrogen) atoms. The van der Waals surface area contributed by atoms with Crippen LogP contribution in [0.15, 0.2) is 34.8 Å². The van der Waals surface area contributed by atoms with Crippen molar-refractivity contribution < 1.29 is 13.9 Å². The molecule has 0 radical (unpaired) electrons. The SMILES string of the molecule is Fc1cc(Cl)cc(NCc2cc(Br)c3c(c2)OCO3)c1. The Bertz CT molecular complexity index is 646. The second-order valence-corrected chi connectivity index (χ2v) is 5.61. The summed E-state index contributed by atoms with van der Waals surface area (Å²) in [5.74, 6) is 1.04. The van der Waals surface area contributed by atoms with Crippen LogP contribution in [0.2, 0.25) is 5.02 Å². The van der Waals surface area contributed by atoms with E-state index in [4.69, 9.17) is 21.1 Å². The summed E-state index contributed by atoms with van der Waals surface area (Å²) in [5.41, 5.74) is 1.62. The number of anilines is 1. The highest BCUT2D eigenvalue weighted by Crippen LogP contribution is 2.40. The van der Waals surface area contributed by atoms with Gasteiger partial charge in [0, 0.05) is 17.3 Å². The van der Waals surface area contributed by atoms with E-state index in [-0.39, 0.29) is 12.6 Å². The third kappa shape index (κ3) is 2.83. The van der Waals surface area contributed by atoms with Crippen LogP contribution in [0.4, 0.5) is 10.1 Å². The number of rotatable bonds is 3. The zero-order chi connectivity index (χ0) is 14.1. The Morgan fingerprint density at radius 2 is 2.05 bits per heavy atom. The van der Waals surface area contributed by atoms with Crippen molar-refractivity contribution in [3.63, 3.8) is 0 Å². The summed E-state index contributed by atoms with van der Waals surface area (Å²) >= 11 is 9.24. The first-order valence-corrected chi connectivity index (χ1v) is 7.07. The zero-order valence-electron chi connectivity index (χ0n) is 10.3. The maximum atomic E-state index is 13.2. The molecule has 0 saturated heterocycles. The minimum atomic E-state index is -0.369. The molecule has 104 valence electrons. The van der Waals surface area contributed by atoms with Crippen molar-refractivity contribution in [2.75, 3.05) is 12.1 Å². The molecule has 2 aromatic rings. The van der Waals surface area contributed by atoms with Crippen LogP contribution in [0.25, 0.3) is 0 Å². The molecular formula is C14H10BrClFNO2. The Hall–Kier alpha value is -1.46. The third-order valence-electron chi connectivity index (χ3n) is 2.85. The van der Waals surface area contributed by atoms with Crippen LogP contribution in [0.1, 0.15) is 5.56 Å². The highest BCUT2D eigenvalue weighted by molar-refractivity contribution is 9.10. The van der Waals surface area contributed by atoms with Gasteiger partial charge in [-0.05, 0) is 51.8 Å². The summed E-state index contributed by atoms with van der Waals surface area (Å²) in [4.78, 5) is 0. The first-order valence-electron chi connectivity index (χ1n) is 5.90. The van der Waals surface area contributed by atoms with Crippen LogP contribution in [0.3, 0.4) is 0 Å². The molecular weight excluding hydrogens is 349 g/mol. The molecule has 3 nitrogen and oxygen atoms in total. The van der Waals surface area contributed by atoms with Gasteiger partial charge in [0.15, 0.2) is 11.5 Å². The van der Waals surface area contributed by atoms with E-state index in [0.717, 1.165) is 10.0 Å². The van der Waals surface area contributed by atoms with Crippen LogP contribution >= 0.6 is 27.5 Å². The lowest BCUT2D eigenvalue weighted by Crippen LogP contribution is -2.00. The number of ether oxygens (including phenoxy) is 2. The lowest BCUT2D eigenvalue weighted by Gasteiger charge is -2.09. The molecule has 0 aliphatic carbocycles. The summed E-state index contributed by atoms with van der Waals surface area (Å²) in [5, 5.41) is 3.48. The molecule has 0 atom stereocenters.